The van der Waals surface area contributed by atoms with Gasteiger partial charge in [0.15, 0.2) is 0 Å². The van der Waals surface area contributed by atoms with Crippen LogP contribution in [0.5, 0.6) is 0 Å². The molecule has 0 unspecified atom stereocenters. The molecule has 1 aromatic rings. The normalized spacial score (nSPS) is 19.3. The highest BCUT2D eigenvalue weighted by Crippen LogP contribution is 2.24. The van der Waals surface area contributed by atoms with Crippen molar-refractivity contribution < 1.29 is 0 Å². The molecular weight excluding hydrogens is 240 g/mol. The maximum absolute atomic E-state index is 12.0. The van der Waals surface area contributed by atoms with E-state index in [0.717, 1.165) is 12.8 Å². The molecule has 1 aliphatic rings. The van der Waals surface area contributed by atoms with Gasteiger partial charge in [0, 0.05) is 0 Å². The molecule has 0 bridgehead atoms. The molecule has 0 aliphatic heterocycles. The van der Waals surface area contributed by atoms with Crippen molar-refractivity contribution in [3.63, 3.8) is 0 Å². The maximum atomic E-state index is 12.0. The molecule has 1 aromatic heterocycles. The standard InChI is InChI=1S/C15H22N2O2/c1-10(2)8-12-14(18)17-13(15(19)16-12)9-11-6-4-3-5-7-11/h8-11H,3-7H2,1-2H3,(H,16,19)(H,17,18)/b12-8+,13-9-. The molecule has 1 fully saturated rings. The average Bonchev–Trinajstić information content (AvgIpc) is 2.36. The molecule has 1 aliphatic carbocycles. The van der Waals surface area contributed by atoms with Gasteiger partial charge in [0.2, 0.25) is 0 Å². The van der Waals surface area contributed by atoms with Gasteiger partial charge in [0.05, 0.1) is 0 Å². The van der Waals surface area contributed by atoms with Crippen molar-refractivity contribution >= 4 is 12.2 Å². The van der Waals surface area contributed by atoms with E-state index in [1.165, 1.54) is 19.3 Å². The summed E-state index contributed by atoms with van der Waals surface area (Å²) in [5, 5.41) is 0.776. The van der Waals surface area contributed by atoms with Gasteiger partial charge in [0.1, 0.15) is 10.7 Å². The van der Waals surface area contributed by atoms with Crippen molar-refractivity contribution in [2.75, 3.05) is 0 Å². The van der Waals surface area contributed by atoms with Crippen LogP contribution in [0.2, 0.25) is 0 Å². The minimum Gasteiger partial charge on any atom is -0.316 e. The Hall–Kier alpha value is -1.58. The van der Waals surface area contributed by atoms with Crippen molar-refractivity contribution in [2.24, 2.45) is 11.8 Å². The highest BCUT2D eigenvalue weighted by Gasteiger charge is 2.10. The zero-order chi connectivity index (χ0) is 13.8. The van der Waals surface area contributed by atoms with Crippen LogP contribution in [0.25, 0.3) is 12.2 Å². The lowest BCUT2D eigenvalue weighted by Crippen LogP contribution is -2.47. The molecule has 4 nitrogen and oxygen atoms in total. The predicted octanol–water partition coefficient (Wildman–Crippen LogP) is 0.860. The number of aromatic nitrogens is 2. The summed E-state index contributed by atoms with van der Waals surface area (Å²) in [4.78, 5) is 29.3. The molecule has 2 rings (SSSR count). The molecule has 104 valence electrons. The summed E-state index contributed by atoms with van der Waals surface area (Å²) in [7, 11) is 0. The first-order valence-corrected chi connectivity index (χ1v) is 7.12. The molecule has 0 radical (unpaired) electrons. The molecule has 1 heterocycles. The van der Waals surface area contributed by atoms with Gasteiger partial charge < -0.3 is 9.97 Å². The SMILES string of the molecule is CC(C)/C=c1/[nH]c(=O)/c(=C/C2CCCCC2)[nH]c1=O. The first-order valence-electron chi connectivity index (χ1n) is 7.12. The molecule has 4 heteroatoms. The zero-order valence-corrected chi connectivity index (χ0v) is 11.7. The van der Waals surface area contributed by atoms with Crippen LogP contribution in [0.1, 0.15) is 46.0 Å². The Morgan fingerprint density at radius 2 is 1.58 bits per heavy atom. The molecule has 2 N–H and O–H groups in total. The fourth-order valence-electron chi connectivity index (χ4n) is 2.60. The number of hydrogen-bond donors (Lipinski definition) is 2. The summed E-state index contributed by atoms with van der Waals surface area (Å²) in [5.74, 6) is 0.648. The monoisotopic (exact) mass is 262 g/mol. The zero-order valence-electron chi connectivity index (χ0n) is 11.7. The highest BCUT2D eigenvalue weighted by molar-refractivity contribution is 5.24. The smallest absolute Gasteiger partial charge is 0.271 e. The Kier molecular flexibility index (Phi) is 4.40. The van der Waals surface area contributed by atoms with Crippen molar-refractivity contribution in [2.45, 2.75) is 46.0 Å². The molecule has 1 saturated carbocycles. The quantitative estimate of drug-likeness (QED) is 0.830. The van der Waals surface area contributed by atoms with Gasteiger partial charge in [-0.3, -0.25) is 9.59 Å². The first-order chi connectivity index (χ1) is 9.06. The van der Waals surface area contributed by atoms with Gasteiger partial charge in [-0.2, -0.15) is 0 Å². The van der Waals surface area contributed by atoms with Gasteiger partial charge in [-0.1, -0.05) is 45.3 Å². The van der Waals surface area contributed by atoms with E-state index in [1.54, 1.807) is 6.08 Å². The average molecular weight is 262 g/mol. The molecule has 19 heavy (non-hydrogen) atoms. The summed E-state index contributed by atoms with van der Waals surface area (Å²) in [6, 6.07) is 0. The largest absolute Gasteiger partial charge is 0.316 e. The Morgan fingerprint density at radius 1 is 1.00 bits per heavy atom. The second-order valence-corrected chi connectivity index (χ2v) is 5.71. The van der Waals surface area contributed by atoms with Gasteiger partial charge in [0.25, 0.3) is 11.1 Å². The summed E-state index contributed by atoms with van der Waals surface area (Å²) in [6.45, 7) is 3.94. The predicted molar refractivity (Wildman–Crippen MR) is 77.3 cm³/mol. The number of aromatic amines is 2. The number of H-pyrrole nitrogens is 2. The minimum atomic E-state index is -0.213. The van der Waals surface area contributed by atoms with E-state index in [0.29, 0.717) is 16.6 Å². The van der Waals surface area contributed by atoms with Crippen molar-refractivity contribution in [1.29, 1.82) is 0 Å². The number of hydrogen-bond acceptors (Lipinski definition) is 2. The molecule has 0 amide bonds. The van der Waals surface area contributed by atoms with Crippen LogP contribution in [0.4, 0.5) is 0 Å². The van der Waals surface area contributed by atoms with E-state index in [4.69, 9.17) is 0 Å². The first kappa shape index (κ1) is 13.8. The Labute approximate surface area is 112 Å². The fourth-order valence-corrected chi connectivity index (χ4v) is 2.60. The lowest BCUT2D eigenvalue weighted by Gasteiger charge is -2.17. The molecule has 0 atom stereocenters. The van der Waals surface area contributed by atoms with Crippen LogP contribution < -0.4 is 21.8 Å². The van der Waals surface area contributed by atoms with Crippen LogP contribution in [0, 0.1) is 11.8 Å². The Bertz CT molecular complexity index is 646. The van der Waals surface area contributed by atoms with E-state index < -0.39 is 0 Å². The van der Waals surface area contributed by atoms with Crippen molar-refractivity contribution in [1.82, 2.24) is 9.97 Å². The Balaban J connectivity index is 2.43. The third-order valence-corrected chi connectivity index (χ3v) is 3.54. The second-order valence-electron chi connectivity index (χ2n) is 5.71. The fraction of sp³-hybridized carbons (Fsp3) is 0.600. The topological polar surface area (TPSA) is 65.7 Å². The molecule has 0 saturated heterocycles. The van der Waals surface area contributed by atoms with E-state index in [9.17, 15) is 9.59 Å². The highest BCUT2D eigenvalue weighted by atomic mass is 16.1. The van der Waals surface area contributed by atoms with E-state index in [2.05, 4.69) is 9.97 Å². The van der Waals surface area contributed by atoms with Crippen LogP contribution in [-0.4, -0.2) is 9.97 Å². The van der Waals surface area contributed by atoms with E-state index in [1.807, 2.05) is 19.9 Å². The van der Waals surface area contributed by atoms with Crippen LogP contribution >= 0.6 is 0 Å². The van der Waals surface area contributed by atoms with Crippen molar-refractivity contribution in [3.8, 4) is 0 Å². The molecular formula is C15H22N2O2. The number of rotatable bonds is 2. The van der Waals surface area contributed by atoms with Gasteiger partial charge in [-0.05, 0) is 24.7 Å². The minimum absolute atomic E-state index is 0.197. The lowest BCUT2D eigenvalue weighted by atomic mass is 9.89. The summed E-state index contributed by atoms with van der Waals surface area (Å²) < 4.78 is 0. The van der Waals surface area contributed by atoms with Crippen LogP contribution in [0.15, 0.2) is 9.59 Å². The van der Waals surface area contributed by atoms with Crippen LogP contribution in [0.3, 0.4) is 0 Å². The second kappa shape index (κ2) is 6.04. The summed E-state index contributed by atoms with van der Waals surface area (Å²) in [6.07, 6.45) is 9.62. The summed E-state index contributed by atoms with van der Waals surface area (Å²) >= 11 is 0. The van der Waals surface area contributed by atoms with Crippen LogP contribution in [-0.2, 0) is 0 Å². The number of nitrogens with one attached hydrogen (secondary N) is 2. The van der Waals surface area contributed by atoms with Crippen molar-refractivity contribution in [3.05, 3.63) is 31.4 Å². The molecule has 0 spiro atoms. The maximum Gasteiger partial charge on any atom is 0.271 e. The third kappa shape index (κ3) is 3.69. The van der Waals surface area contributed by atoms with E-state index in [-0.39, 0.29) is 17.0 Å². The Morgan fingerprint density at radius 3 is 2.21 bits per heavy atom. The van der Waals surface area contributed by atoms with Gasteiger partial charge in [-0.15, -0.1) is 0 Å². The summed E-state index contributed by atoms with van der Waals surface area (Å²) in [5.41, 5.74) is -0.410. The molecule has 0 aromatic carbocycles. The third-order valence-electron chi connectivity index (χ3n) is 3.54. The lowest BCUT2D eigenvalue weighted by molar-refractivity contribution is 0.435. The van der Waals surface area contributed by atoms with Gasteiger partial charge >= 0.3 is 0 Å². The van der Waals surface area contributed by atoms with E-state index >= 15 is 0 Å². The van der Waals surface area contributed by atoms with Gasteiger partial charge in [-0.25, -0.2) is 0 Å².